The van der Waals surface area contributed by atoms with E-state index < -0.39 is 4.92 Å². The topological polar surface area (TPSA) is 94.4 Å². The van der Waals surface area contributed by atoms with Crippen LogP contribution in [0.4, 0.5) is 17.1 Å². The molecule has 0 saturated heterocycles. The van der Waals surface area contributed by atoms with E-state index >= 15 is 0 Å². The minimum atomic E-state index is -0.518. The Morgan fingerprint density at radius 3 is 2.70 bits per heavy atom. The molecule has 27 heavy (non-hydrogen) atoms. The molecule has 0 spiro atoms. The summed E-state index contributed by atoms with van der Waals surface area (Å²) in [6, 6.07) is 17.0. The van der Waals surface area contributed by atoms with Crippen molar-refractivity contribution in [1.82, 2.24) is 4.98 Å². The van der Waals surface area contributed by atoms with E-state index in [1.807, 2.05) is 18.2 Å². The van der Waals surface area contributed by atoms with Gasteiger partial charge in [0.25, 0.3) is 5.69 Å². The number of aromatic nitrogens is 1. The van der Waals surface area contributed by atoms with Crippen LogP contribution in [0.2, 0.25) is 0 Å². The van der Waals surface area contributed by atoms with E-state index in [1.54, 1.807) is 36.5 Å². The fraction of sp³-hybridized carbons (Fsp3) is 0.100. The quantitative estimate of drug-likeness (QED) is 0.377. The first-order chi connectivity index (χ1) is 13.0. The number of pyridine rings is 1. The predicted octanol–water partition coefficient (Wildman–Crippen LogP) is 4.52. The van der Waals surface area contributed by atoms with Crippen LogP contribution in [0.5, 0.6) is 5.75 Å². The molecule has 0 aliphatic heterocycles. The number of nitrogens with one attached hydrogen (secondary N) is 1. The average Bonchev–Trinajstić information content (AvgIpc) is 2.67. The highest BCUT2D eigenvalue weighted by Gasteiger charge is 2.16. The highest BCUT2D eigenvalue weighted by Crippen LogP contribution is 2.30. The molecule has 3 rings (SSSR count). The number of benzene rings is 2. The molecule has 7 heteroatoms. The lowest BCUT2D eigenvalue weighted by molar-refractivity contribution is -0.383. The molecule has 0 bridgehead atoms. The number of carbonyl (C=O) groups excluding carboxylic acids is 1. The molecule has 0 fully saturated rings. The van der Waals surface area contributed by atoms with Crippen molar-refractivity contribution < 1.29 is 14.5 Å². The Morgan fingerprint density at radius 2 is 2.00 bits per heavy atom. The van der Waals surface area contributed by atoms with Crippen molar-refractivity contribution in [2.45, 2.75) is 13.5 Å². The number of ether oxygens (including phenoxy) is 1. The van der Waals surface area contributed by atoms with E-state index in [4.69, 9.17) is 4.74 Å². The van der Waals surface area contributed by atoms with Gasteiger partial charge in [0.15, 0.2) is 5.78 Å². The fourth-order valence-corrected chi connectivity index (χ4v) is 2.47. The highest BCUT2D eigenvalue weighted by atomic mass is 16.6. The number of nitro benzene ring substituents is 1. The van der Waals surface area contributed by atoms with E-state index in [1.165, 1.54) is 19.1 Å². The second-order valence-electron chi connectivity index (χ2n) is 5.81. The molecule has 1 aromatic heterocycles. The standard InChI is InChI=1S/C20H17N3O4/c1-14(24)15-8-9-19(20(11-15)23(25)26)22-16-6-4-7-18(12-16)27-13-17-5-2-3-10-21-17/h2-12,22H,13H2,1H3. The SMILES string of the molecule is CC(=O)c1ccc(Nc2cccc(OCc3ccccn3)c2)c([N+](=O)[O-])c1. The second kappa shape index (κ2) is 8.09. The number of hydrogen-bond donors (Lipinski definition) is 1. The number of hydrogen-bond acceptors (Lipinski definition) is 6. The lowest BCUT2D eigenvalue weighted by Crippen LogP contribution is -2.01. The monoisotopic (exact) mass is 363 g/mol. The van der Waals surface area contributed by atoms with Crippen LogP contribution in [-0.4, -0.2) is 15.7 Å². The van der Waals surface area contributed by atoms with Crippen LogP contribution < -0.4 is 10.1 Å². The summed E-state index contributed by atoms with van der Waals surface area (Å²) in [4.78, 5) is 26.5. The molecule has 0 atom stereocenters. The summed E-state index contributed by atoms with van der Waals surface area (Å²) in [5.74, 6) is 0.378. The molecule has 1 heterocycles. The van der Waals surface area contributed by atoms with Gasteiger partial charge in [-0.15, -0.1) is 0 Å². The summed E-state index contributed by atoms with van der Waals surface area (Å²) < 4.78 is 5.72. The lowest BCUT2D eigenvalue weighted by atomic mass is 10.1. The Labute approximate surface area is 155 Å². The molecule has 0 radical (unpaired) electrons. The van der Waals surface area contributed by atoms with Crippen LogP contribution in [-0.2, 0) is 6.61 Å². The van der Waals surface area contributed by atoms with Crippen LogP contribution in [0.1, 0.15) is 23.0 Å². The number of Topliss-reactive ketones (excluding diaryl/α,β-unsaturated/α-hetero) is 1. The molecule has 0 aliphatic rings. The van der Waals surface area contributed by atoms with Crippen LogP contribution in [0.25, 0.3) is 0 Å². The minimum Gasteiger partial charge on any atom is -0.487 e. The van der Waals surface area contributed by atoms with E-state index in [2.05, 4.69) is 10.3 Å². The zero-order valence-electron chi connectivity index (χ0n) is 14.6. The largest absolute Gasteiger partial charge is 0.487 e. The first-order valence-corrected chi connectivity index (χ1v) is 8.22. The molecule has 7 nitrogen and oxygen atoms in total. The smallest absolute Gasteiger partial charge is 0.293 e. The number of anilines is 2. The third-order valence-electron chi connectivity index (χ3n) is 3.83. The Balaban J connectivity index is 1.78. The van der Waals surface area contributed by atoms with Gasteiger partial charge in [-0.25, -0.2) is 0 Å². The number of nitrogens with zero attached hydrogens (tertiary/aromatic N) is 2. The van der Waals surface area contributed by atoms with Crippen LogP contribution in [0.15, 0.2) is 66.9 Å². The molecular formula is C20H17N3O4. The Hall–Kier alpha value is -3.74. The Morgan fingerprint density at radius 1 is 1.15 bits per heavy atom. The minimum absolute atomic E-state index is 0.164. The van der Waals surface area contributed by atoms with Gasteiger partial charge >= 0.3 is 0 Å². The summed E-state index contributed by atoms with van der Waals surface area (Å²) in [7, 11) is 0. The van der Waals surface area contributed by atoms with E-state index in [-0.39, 0.29) is 11.5 Å². The van der Waals surface area contributed by atoms with Crippen molar-refractivity contribution in [3.63, 3.8) is 0 Å². The molecular weight excluding hydrogens is 346 g/mol. The van der Waals surface area contributed by atoms with E-state index in [9.17, 15) is 14.9 Å². The maximum absolute atomic E-state index is 11.5. The zero-order valence-corrected chi connectivity index (χ0v) is 14.6. The third-order valence-corrected chi connectivity index (χ3v) is 3.83. The van der Waals surface area contributed by atoms with Crippen molar-refractivity contribution in [3.8, 4) is 5.75 Å². The summed E-state index contributed by atoms with van der Waals surface area (Å²) in [5.41, 5.74) is 1.85. The average molecular weight is 363 g/mol. The molecule has 0 unspecified atom stereocenters. The maximum atomic E-state index is 11.5. The first-order valence-electron chi connectivity index (χ1n) is 8.22. The number of nitro groups is 1. The summed E-state index contributed by atoms with van der Waals surface area (Å²) in [6.45, 7) is 1.69. The Bertz CT molecular complexity index is 974. The molecule has 136 valence electrons. The van der Waals surface area contributed by atoms with Gasteiger partial charge in [0.05, 0.1) is 10.6 Å². The van der Waals surface area contributed by atoms with Crippen molar-refractivity contribution >= 4 is 22.8 Å². The zero-order chi connectivity index (χ0) is 19.2. The van der Waals surface area contributed by atoms with Crippen LogP contribution in [0, 0.1) is 10.1 Å². The summed E-state index contributed by atoms with van der Waals surface area (Å²) in [6.07, 6.45) is 1.69. The summed E-state index contributed by atoms with van der Waals surface area (Å²) >= 11 is 0. The van der Waals surface area contributed by atoms with E-state index in [0.29, 0.717) is 29.3 Å². The van der Waals surface area contributed by atoms with Gasteiger partial charge in [-0.1, -0.05) is 12.1 Å². The second-order valence-corrected chi connectivity index (χ2v) is 5.81. The van der Waals surface area contributed by atoms with Crippen LogP contribution >= 0.6 is 0 Å². The molecule has 0 amide bonds. The van der Waals surface area contributed by atoms with Gasteiger partial charge in [-0.2, -0.15) is 0 Å². The van der Waals surface area contributed by atoms with Crippen molar-refractivity contribution in [3.05, 3.63) is 88.2 Å². The Kier molecular flexibility index (Phi) is 5.41. The normalized spacial score (nSPS) is 10.3. The number of ketones is 1. The van der Waals surface area contributed by atoms with Crippen LogP contribution in [0.3, 0.4) is 0 Å². The van der Waals surface area contributed by atoms with Crippen molar-refractivity contribution in [2.75, 3.05) is 5.32 Å². The van der Waals surface area contributed by atoms with Crippen molar-refractivity contribution in [2.24, 2.45) is 0 Å². The predicted molar refractivity (Wildman–Crippen MR) is 101 cm³/mol. The highest BCUT2D eigenvalue weighted by molar-refractivity contribution is 5.95. The number of carbonyl (C=O) groups is 1. The van der Waals surface area contributed by atoms with Gasteiger partial charge in [0.2, 0.25) is 0 Å². The molecule has 1 N–H and O–H groups in total. The third kappa shape index (κ3) is 4.66. The van der Waals surface area contributed by atoms with Gasteiger partial charge < -0.3 is 10.1 Å². The number of rotatable bonds is 7. The first kappa shape index (κ1) is 18.1. The molecule has 2 aromatic carbocycles. The van der Waals surface area contributed by atoms with Gasteiger partial charge in [0.1, 0.15) is 18.0 Å². The van der Waals surface area contributed by atoms with Crippen molar-refractivity contribution in [1.29, 1.82) is 0 Å². The fourth-order valence-electron chi connectivity index (χ4n) is 2.47. The lowest BCUT2D eigenvalue weighted by Gasteiger charge is -2.10. The maximum Gasteiger partial charge on any atom is 0.293 e. The van der Waals surface area contributed by atoms with E-state index in [0.717, 1.165) is 5.69 Å². The molecule has 0 saturated carbocycles. The van der Waals surface area contributed by atoms with Gasteiger partial charge in [-0.3, -0.25) is 19.9 Å². The summed E-state index contributed by atoms with van der Waals surface area (Å²) in [5, 5.41) is 14.3. The molecule has 0 aliphatic carbocycles. The molecule has 3 aromatic rings. The van der Waals surface area contributed by atoms with Gasteiger partial charge in [0, 0.05) is 29.6 Å². The van der Waals surface area contributed by atoms with Gasteiger partial charge in [-0.05, 0) is 43.3 Å².